The van der Waals surface area contributed by atoms with Crippen molar-refractivity contribution in [3.63, 3.8) is 0 Å². The van der Waals surface area contributed by atoms with Crippen molar-refractivity contribution in [2.45, 2.75) is 71.4 Å². The smallest absolute Gasteiger partial charge is 0.315 e. The number of nitrogens with one attached hydrogen (secondary N) is 2. The van der Waals surface area contributed by atoms with E-state index in [9.17, 15) is 4.79 Å². The van der Waals surface area contributed by atoms with E-state index in [0.717, 1.165) is 52.9 Å². The third-order valence-electron chi connectivity index (χ3n) is 7.16. The van der Waals surface area contributed by atoms with Crippen LogP contribution >= 0.6 is 0 Å². The van der Waals surface area contributed by atoms with Crippen LogP contribution in [0.3, 0.4) is 0 Å². The monoisotopic (exact) mass is 524 g/mol. The Morgan fingerprint density at radius 2 is 2.03 bits per heavy atom. The number of imidazole rings is 1. The van der Waals surface area contributed by atoms with Gasteiger partial charge in [-0.05, 0) is 55.9 Å². The highest BCUT2D eigenvalue weighted by atomic mass is 16.5. The van der Waals surface area contributed by atoms with Gasteiger partial charge in [0.25, 0.3) is 0 Å². The SMILES string of the molecule is CC(C)n1cc(-c2nc3nccc(-c4ccc5c(c4)CCC[C@@H]5NC(=O)c4nc(C(C)(C)C)no4)c3[nH]2)cn1. The van der Waals surface area contributed by atoms with E-state index < -0.39 is 0 Å². The van der Waals surface area contributed by atoms with Gasteiger partial charge in [-0.2, -0.15) is 10.1 Å². The van der Waals surface area contributed by atoms with E-state index in [1.54, 1.807) is 6.20 Å². The normalized spacial score (nSPS) is 15.6. The van der Waals surface area contributed by atoms with Gasteiger partial charge in [0, 0.05) is 29.4 Å². The quantitative estimate of drug-likeness (QED) is 0.308. The van der Waals surface area contributed by atoms with E-state index in [0.29, 0.717) is 11.5 Å². The van der Waals surface area contributed by atoms with Crippen LogP contribution in [-0.4, -0.2) is 40.8 Å². The summed E-state index contributed by atoms with van der Waals surface area (Å²) in [6.45, 7) is 10.1. The molecule has 10 heteroatoms. The lowest BCUT2D eigenvalue weighted by Crippen LogP contribution is -2.31. The number of rotatable bonds is 5. The second-order valence-electron chi connectivity index (χ2n) is 11.5. The molecule has 0 radical (unpaired) electrons. The number of nitrogens with zero attached hydrogens (tertiary/aromatic N) is 6. The van der Waals surface area contributed by atoms with Crippen LogP contribution in [0.15, 0.2) is 47.4 Å². The largest absolute Gasteiger partial charge is 0.341 e. The molecule has 1 aliphatic carbocycles. The fourth-order valence-corrected chi connectivity index (χ4v) is 5.00. The van der Waals surface area contributed by atoms with Crippen LogP contribution in [0, 0.1) is 0 Å². The first kappa shape index (κ1) is 25.0. The number of pyridine rings is 1. The number of carbonyl (C=O) groups is 1. The average molecular weight is 525 g/mol. The van der Waals surface area contributed by atoms with Gasteiger partial charge in [0.1, 0.15) is 5.82 Å². The van der Waals surface area contributed by atoms with Gasteiger partial charge in [0.05, 0.1) is 23.3 Å². The second-order valence-corrected chi connectivity index (χ2v) is 11.5. The number of hydrogen-bond acceptors (Lipinski definition) is 7. The fraction of sp³-hybridized carbons (Fsp3) is 0.379. The zero-order valence-corrected chi connectivity index (χ0v) is 22.8. The summed E-state index contributed by atoms with van der Waals surface area (Å²) >= 11 is 0. The molecule has 6 rings (SSSR count). The molecule has 0 bridgehead atoms. The number of aromatic amines is 1. The molecule has 4 heterocycles. The van der Waals surface area contributed by atoms with Crippen molar-refractivity contribution >= 4 is 17.1 Å². The Morgan fingerprint density at radius 3 is 2.77 bits per heavy atom. The lowest BCUT2D eigenvalue weighted by Gasteiger charge is -2.26. The van der Waals surface area contributed by atoms with E-state index in [4.69, 9.17) is 9.51 Å². The lowest BCUT2D eigenvalue weighted by atomic mass is 9.85. The number of H-pyrrole nitrogens is 1. The van der Waals surface area contributed by atoms with Crippen molar-refractivity contribution in [2.24, 2.45) is 0 Å². The Morgan fingerprint density at radius 1 is 1.18 bits per heavy atom. The molecule has 5 aromatic rings. The van der Waals surface area contributed by atoms with Crippen molar-refractivity contribution in [1.82, 2.24) is 40.2 Å². The highest BCUT2D eigenvalue weighted by Crippen LogP contribution is 2.35. The molecule has 1 aliphatic rings. The van der Waals surface area contributed by atoms with E-state index in [1.165, 1.54) is 5.56 Å². The Labute approximate surface area is 226 Å². The first-order valence-electron chi connectivity index (χ1n) is 13.3. The predicted molar refractivity (Wildman–Crippen MR) is 147 cm³/mol. The Kier molecular flexibility index (Phi) is 6.05. The summed E-state index contributed by atoms with van der Waals surface area (Å²) in [7, 11) is 0. The summed E-state index contributed by atoms with van der Waals surface area (Å²) in [5.41, 5.74) is 6.62. The molecule has 10 nitrogen and oxygen atoms in total. The number of hydrogen-bond donors (Lipinski definition) is 2. The maximum atomic E-state index is 12.9. The first-order valence-corrected chi connectivity index (χ1v) is 13.3. The molecule has 0 fully saturated rings. The number of benzene rings is 1. The molecular weight excluding hydrogens is 492 g/mol. The van der Waals surface area contributed by atoms with Gasteiger partial charge in [-0.1, -0.05) is 44.1 Å². The molecule has 2 N–H and O–H groups in total. The molecular formula is C29H32N8O2. The Bertz CT molecular complexity index is 1670. The topological polar surface area (TPSA) is 127 Å². The van der Waals surface area contributed by atoms with Crippen molar-refractivity contribution in [2.75, 3.05) is 0 Å². The molecule has 1 aromatic carbocycles. The zero-order chi connectivity index (χ0) is 27.3. The summed E-state index contributed by atoms with van der Waals surface area (Å²) in [4.78, 5) is 29.9. The molecule has 0 saturated heterocycles. The highest BCUT2D eigenvalue weighted by molar-refractivity contribution is 5.92. The maximum absolute atomic E-state index is 12.9. The van der Waals surface area contributed by atoms with E-state index in [-0.39, 0.29) is 29.3 Å². The lowest BCUT2D eigenvalue weighted by molar-refractivity contribution is 0.0888. The summed E-state index contributed by atoms with van der Waals surface area (Å²) in [6, 6.07) is 8.58. The van der Waals surface area contributed by atoms with Crippen LogP contribution in [-0.2, 0) is 11.8 Å². The Balaban J connectivity index is 1.28. The summed E-state index contributed by atoms with van der Waals surface area (Å²) in [6.07, 6.45) is 8.38. The van der Waals surface area contributed by atoms with E-state index in [2.05, 4.69) is 62.6 Å². The molecule has 39 heavy (non-hydrogen) atoms. The second kappa shape index (κ2) is 9.44. The molecule has 0 spiro atoms. The number of fused-ring (bicyclic) bond motifs is 2. The number of aromatic nitrogens is 7. The number of carbonyl (C=O) groups excluding carboxylic acids is 1. The third kappa shape index (κ3) is 4.71. The minimum atomic E-state index is -0.346. The van der Waals surface area contributed by atoms with Gasteiger partial charge >= 0.3 is 11.8 Å². The average Bonchev–Trinajstić information content (AvgIpc) is 3.67. The van der Waals surface area contributed by atoms with Crippen molar-refractivity contribution < 1.29 is 9.32 Å². The third-order valence-corrected chi connectivity index (χ3v) is 7.16. The van der Waals surface area contributed by atoms with Crippen LogP contribution in [0.5, 0.6) is 0 Å². The predicted octanol–water partition coefficient (Wildman–Crippen LogP) is 5.56. The van der Waals surface area contributed by atoms with Crippen molar-refractivity contribution in [3.05, 3.63) is 65.7 Å². The van der Waals surface area contributed by atoms with Crippen LogP contribution in [0.25, 0.3) is 33.7 Å². The summed E-state index contributed by atoms with van der Waals surface area (Å²) in [5, 5.41) is 11.5. The Hall–Kier alpha value is -4.34. The van der Waals surface area contributed by atoms with E-state index >= 15 is 0 Å². The summed E-state index contributed by atoms with van der Waals surface area (Å²) < 4.78 is 7.17. The molecule has 200 valence electrons. The van der Waals surface area contributed by atoms with Crippen molar-refractivity contribution in [1.29, 1.82) is 0 Å². The molecule has 4 aromatic heterocycles. The van der Waals surface area contributed by atoms with Crippen LogP contribution in [0.1, 0.15) is 87.2 Å². The minimum Gasteiger partial charge on any atom is -0.341 e. The van der Waals surface area contributed by atoms with E-state index in [1.807, 2.05) is 43.9 Å². The maximum Gasteiger partial charge on any atom is 0.315 e. The van der Waals surface area contributed by atoms with Gasteiger partial charge in [0.2, 0.25) is 0 Å². The highest BCUT2D eigenvalue weighted by Gasteiger charge is 2.28. The summed E-state index contributed by atoms with van der Waals surface area (Å²) in [5.74, 6) is 0.910. The molecule has 1 amide bonds. The van der Waals surface area contributed by atoms with Crippen molar-refractivity contribution in [3.8, 4) is 22.5 Å². The minimum absolute atomic E-state index is 0.00293. The van der Waals surface area contributed by atoms with Gasteiger partial charge < -0.3 is 14.8 Å². The van der Waals surface area contributed by atoms with Crippen LogP contribution in [0.2, 0.25) is 0 Å². The number of amides is 1. The molecule has 1 atom stereocenters. The molecule has 0 saturated carbocycles. The van der Waals surface area contributed by atoms with Crippen LogP contribution in [0.4, 0.5) is 0 Å². The molecule has 0 unspecified atom stereocenters. The molecule has 0 aliphatic heterocycles. The van der Waals surface area contributed by atoms with Crippen LogP contribution < -0.4 is 5.32 Å². The van der Waals surface area contributed by atoms with Gasteiger partial charge in [0.15, 0.2) is 11.5 Å². The standard InChI is InChI=1S/C29H32N8O2/c1-16(2)37-15-19(14-31-37)24-33-23-21(11-12-30-25(23)34-24)18-9-10-20-17(13-18)7-6-8-22(20)32-26(38)27-35-28(36-39-27)29(3,4)5/h9-16,22H,6-8H2,1-5H3,(H,32,38)(H,30,33,34)/t22-/m0/s1. The van der Waals surface area contributed by atoms with Gasteiger partial charge in [-0.15, -0.1) is 0 Å². The number of aryl methyl sites for hydroxylation is 1. The first-order chi connectivity index (χ1) is 18.7. The van der Waals surface area contributed by atoms with Gasteiger partial charge in [-0.3, -0.25) is 9.48 Å². The van der Waals surface area contributed by atoms with Gasteiger partial charge in [-0.25, -0.2) is 9.97 Å². The fourth-order valence-electron chi connectivity index (χ4n) is 5.00. The zero-order valence-electron chi connectivity index (χ0n) is 22.8.